The zero-order chi connectivity index (χ0) is 44.3. The van der Waals surface area contributed by atoms with Gasteiger partial charge < -0.3 is 28.8 Å². The summed E-state index contributed by atoms with van der Waals surface area (Å²) in [7, 11) is 1.24. The Morgan fingerprint density at radius 3 is 1.45 bits per heavy atom. The van der Waals surface area contributed by atoms with Crippen LogP contribution in [0.1, 0.15) is 168 Å². The molecule has 60 heavy (non-hydrogen) atoms. The van der Waals surface area contributed by atoms with E-state index in [0.717, 1.165) is 77.0 Å². The van der Waals surface area contributed by atoms with Crippen LogP contribution < -0.4 is 10.2 Å². The molecule has 0 spiro atoms. The topological polar surface area (TPSA) is 108 Å². The third kappa shape index (κ3) is 43.5. The summed E-state index contributed by atoms with van der Waals surface area (Å²) in [6, 6.07) is -0.887. The Labute approximate surface area is 369 Å². The second-order valence-electron chi connectivity index (χ2n) is 16.7. The van der Waals surface area contributed by atoms with Gasteiger partial charge in [0.15, 0.2) is 0 Å². The number of carbonyl (C=O) groups excluding carboxylic acids is 1. The fraction of sp³-hybridized carbons (Fsp3) is 0.667. The number of nitrogens with one attached hydrogen (secondary N) is 1. The Bertz CT molecular complexity index is 1290. The number of nitrogens with zero attached hydrogens (tertiary/aromatic N) is 1. The van der Waals surface area contributed by atoms with Crippen molar-refractivity contribution in [1.29, 1.82) is 0 Å². The minimum atomic E-state index is -4.57. The van der Waals surface area contributed by atoms with Gasteiger partial charge in [0.2, 0.25) is 5.91 Å². The summed E-state index contributed by atoms with van der Waals surface area (Å²) < 4.78 is 22.9. The zero-order valence-corrected chi connectivity index (χ0v) is 39.8. The number of quaternary nitrogens is 1. The molecule has 1 amide bonds. The average molecular weight is 857 g/mol. The van der Waals surface area contributed by atoms with Gasteiger partial charge in [-0.3, -0.25) is 9.36 Å². The number of phosphoric acid groups is 1. The first kappa shape index (κ1) is 57.4. The van der Waals surface area contributed by atoms with Gasteiger partial charge in [-0.25, -0.2) is 0 Å². The van der Waals surface area contributed by atoms with Crippen LogP contribution in [0.15, 0.2) is 97.2 Å². The fourth-order valence-corrected chi connectivity index (χ4v) is 6.80. The Hall–Kier alpha value is -2.58. The van der Waals surface area contributed by atoms with E-state index in [0.29, 0.717) is 17.4 Å². The number of aliphatic hydroxyl groups excluding tert-OH is 1. The fourth-order valence-electron chi connectivity index (χ4n) is 6.08. The number of hydrogen-bond acceptors (Lipinski definition) is 6. The molecule has 0 radical (unpaired) electrons. The number of likely N-dealkylation sites (N-methyl/N-ethyl adjacent to an activating group) is 1. The van der Waals surface area contributed by atoms with E-state index >= 15 is 0 Å². The molecule has 3 atom stereocenters. The molecule has 0 aliphatic heterocycles. The lowest BCUT2D eigenvalue weighted by molar-refractivity contribution is -0.870. The van der Waals surface area contributed by atoms with Crippen LogP contribution in [-0.2, 0) is 18.4 Å². The van der Waals surface area contributed by atoms with E-state index in [-0.39, 0.29) is 19.1 Å². The van der Waals surface area contributed by atoms with Crippen LogP contribution in [0, 0.1) is 0 Å². The Kier molecular flexibility index (Phi) is 40.0. The Balaban J connectivity index is 3.83. The predicted octanol–water partition coefficient (Wildman–Crippen LogP) is 12.9. The number of rotatable bonds is 41. The molecule has 0 heterocycles. The quantitative estimate of drug-likeness (QED) is 0.0274. The summed E-state index contributed by atoms with van der Waals surface area (Å²) in [5.74, 6) is -0.216. The van der Waals surface area contributed by atoms with Gasteiger partial charge in [0, 0.05) is 6.42 Å². The first-order valence-electron chi connectivity index (χ1n) is 23.6. The molecule has 0 aromatic carbocycles. The van der Waals surface area contributed by atoms with Crippen LogP contribution in [0.4, 0.5) is 0 Å². The van der Waals surface area contributed by atoms with Crippen LogP contribution in [0.2, 0.25) is 0 Å². The molecule has 3 unspecified atom stereocenters. The number of aliphatic hydroxyl groups is 1. The Morgan fingerprint density at radius 1 is 0.600 bits per heavy atom. The molecular formula is C51H89N2O6P. The molecule has 0 aliphatic rings. The monoisotopic (exact) mass is 857 g/mol. The highest BCUT2D eigenvalue weighted by Crippen LogP contribution is 2.38. The van der Waals surface area contributed by atoms with Crippen molar-refractivity contribution in [3.05, 3.63) is 97.2 Å². The van der Waals surface area contributed by atoms with Crippen molar-refractivity contribution in [2.75, 3.05) is 40.9 Å². The van der Waals surface area contributed by atoms with E-state index in [1.54, 1.807) is 6.08 Å². The third-order valence-corrected chi connectivity index (χ3v) is 10.7. The normalized spacial score (nSPS) is 15.1. The maximum atomic E-state index is 12.7. The van der Waals surface area contributed by atoms with Crippen molar-refractivity contribution >= 4 is 13.7 Å². The average Bonchev–Trinajstić information content (AvgIpc) is 3.20. The maximum Gasteiger partial charge on any atom is 0.268 e. The molecule has 344 valence electrons. The molecule has 0 bridgehead atoms. The molecule has 0 saturated carbocycles. The minimum absolute atomic E-state index is 0.00689. The summed E-state index contributed by atoms with van der Waals surface area (Å²) in [5.41, 5.74) is 0. The summed E-state index contributed by atoms with van der Waals surface area (Å²) in [5, 5.41) is 13.4. The molecule has 0 aromatic heterocycles. The predicted molar refractivity (Wildman–Crippen MR) is 256 cm³/mol. The molecule has 0 aliphatic carbocycles. The van der Waals surface area contributed by atoms with Gasteiger partial charge in [-0.2, -0.15) is 0 Å². The van der Waals surface area contributed by atoms with Crippen LogP contribution in [-0.4, -0.2) is 68.5 Å². The van der Waals surface area contributed by atoms with Gasteiger partial charge >= 0.3 is 0 Å². The van der Waals surface area contributed by atoms with Crippen molar-refractivity contribution in [3.63, 3.8) is 0 Å². The highest BCUT2D eigenvalue weighted by Gasteiger charge is 2.23. The van der Waals surface area contributed by atoms with Crippen LogP contribution >= 0.6 is 7.82 Å². The van der Waals surface area contributed by atoms with Crippen LogP contribution in [0.3, 0.4) is 0 Å². The highest BCUT2D eigenvalue weighted by atomic mass is 31.2. The number of allylic oxidation sites excluding steroid dienone is 15. The van der Waals surface area contributed by atoms with Gasteiger partial charge in [-0.15, -0.1) is 0 Å². The number of hydrogen-bond donors (Lipinski definition) is 2. The molecule has 0 saturated heterocycles. The lowest BCUT2D eigenvalue weighted by atomic mass is 10.0. The molecule has 8 nitrogen and oxygen atoms in total. The lowest BCUT2D eigenvalue weighted by Crippen LogP contribution is -2.45. The highest BCUT2D eigenvalue weighted by molar-refractivity contribution is 7.45. The van der Waals surface area contributed by atoms with E-state index in [1.165, 1.54) is 70.6 Å². The number of carbonyl (C=O) groups is 1. The van der Waals surface area contributed by atoms with Gasteiger partial charge in [0.05, 0.1) is 39.9 Å². The number of unbranched alkanes of at least 4 members (excludes halogenated alkanes) is 14. The molecule has 0 rings (SSSR count). The van der Waals surface area contributed by atoms with Crippen molar-refractivity contribution in [1.82, 2.24) is 5.32 Å². The molecule has 0 aromatic rings. The molecule has 0 fully saturated rings. The number of phosphoric ester groups is 1. The van der Waals surface area contributed by atoms with Crippen molar-refractivity contribution < 1.29 is 32.9 Å². The molecule has 2 N–H and O–H groups in total. The van der Waals surface area contributed by atoms with Gasteiger partial charge in [0.25, 0.3) is 7.82 Å². The second-order valence-corrected chi connectivity index (χ2v) is 18.1. The summed E-state index contributed by atoms with van der Waals surface area (Å²) in [6.45, 7) is 4.28. The third-order valence-electron chi connectivity index (χ3n) is 9.78. The summed E-state index contributed by atoms with van der Waals surface area (Å²) >= 11 is 0. The van der Waals surface area contributed by atoms with E-state index in [9.17, 15) is 19.4 Å². The van der Waals surface area contributed by atoms with Crippen LogP contribution in [0.5, 0.6) is 0 Å². The molecular weight excluding hydrogens is 768 g/mol. The first-order valence-corrected chi connectivity index (χ1v) is 25.1. The van der Waals surface area contributed by atoms with Crippen molar-refractivity contribution in [3.8, 4) is 0 Å². The van der Waals surface area contributed by atoms with Crippen molar-refractivity contribution in [2.24, 2.45) is 0 Å². The second kappa shape index (κ2) is 41.8. The van der Waals surface area contributed by atoms with E-state index in [4.69, 9.17) is 9.05 Å². The summed E-state index contributed by atoms with van der Waals surface area (Å²) in [4.78, 5) is 25.0. The maximum absolute atomic E-state index is 12.7. The smallest absolute Gasteiger partial charge is 0.268 e. The van der Waals surface area contributed by atoms with E-state index in [1.807, 2.05) is 34.1 Å². The lowest BCUT2D eigenvalue weighted by Gasteiger charge is -2.29. The van der Waals surface area contributed by atoms with Gasteiger partial charge in [0.1, 0.15) is 13.2 Å². The standard InChI is InChI=1S/C51H89N2O6P/c1-6-8-10-11-12-13-14-15-16-17-18-19-20-21-22-23-24-25-26-27-28-29-30-31-32-33-34-35-36-37-38-39-40-41-43-45-51(55)52-49(50(54)44-42-9-7-2)48-59-60(56,57)58-47-46-53(3,4)5/h8,10,12-13,15-16,18-19,21-22,24-25,27-28,42,44,49-50,54H,6-7,9,11,14,17,20,23,26,29-41,43,45-48H2,1-5H3,(H-,52,55,56,57)/b10-8-,13-12-,16-15-,19-18-,22-21-,25-24-,28-27-,44-42+. The summed E-state index contributed by atoms with van der Waals surface area (Å²) in [6.07, 6.45) is 60.0. The zero-order valence-electron chi connectivity index (χ0n) is 38.9. The van der Waals surface area contributed by atoms with Crippen molar-refractivity contribution in [2.45, 2.75) is 180 Å². The van der Waals surface area contributed by atoms with Gasteiger partial charge in [-0.1, -0.05) is 188 Å². The number of amides is 1. The van der Waals surface area contributed by atoms with Crippen LogP contribution in [0.25, 0.3) is 0 Å². The van der Waals surface area contributed by atoms with E-state index in [2.05, 4.69) is 97.3 Å². The van der Waals surface area contributed by atoms with E-state index < -0.39 is 20.0 Å². The largest absolute Gasteiger partial charge is 0.756 e. The minimum Gasteiger partial charge on any atom is -0.756 e. The Morgan fingerprint density at radius 2 is 1.02 bits per heavy atom. The first-order chi connectivity index (χ1) is 29.0. The van der Waals surface area contributed by atoms with Gasteiger partial charge in [-0.05, 0) is 70.6 Å². The molecule has 9 heteroatoms. The SMILES string of the molecule is CC/C=C\C/C=C\C/C=C\C/C=C\C/C=C\C/C=C\C/C=C\CCCCCCCCCCCCCCCC(=O)NC(COP(=O)([O-])OCC[N+](C)(C)C)C(O)/C=C/CCC.